The van der Waals surface area contributed by atoms with Crippen LogP contribution in [-0.2, 0) is 14.8 Å². The number of carbonyl (C=O) groups is 1. The Balaban J connectivity index is 1.56. The van der Waals surface area contributed by atoms with Crippen LogP contribution in [0.3, 0.4) is 0 Å². The molecule has 0 unspecified atom stereocenters. The number of hydrogen-bond donors (Lipinski definition) is 2. The van der Waals surface area contributed by atoms with Gasteiger partial charge in [-0.2, -0.15) is 0 Å². The Labute approximate surface area is 170 Å². The average molecular weight is 439 g/mol. The maximum atomic E-state index is 12.0. The molecule has 0 radical (unpaired) electrons. The Morgan fingerprint density at radius 2 is 1.71 bits per heavy atom. The van der Waals surface area contributed by atoms with E-state index in [4.69, 9.17) is 16.0 Å². The first-order valence-corrected chi connectivity index (χ1v) is 11.1. The van der Waals surface area contributed by atoms with E-state index in [0.717, 1.165) is 18.0 Å². The molecule has 0 spiro atoms. The minimum absolute atomic E-state index is 0.0987. The summed E-state index contributed by atoms with van der Waals surface area (Å²) in [6, 6.07) is 13.3. The molecule has 3 aromatic rings. The summed E-state index contributed by atoms with van der Waals surface area (Å²) in [7, 11) is -3.34. The number of aromatic nitrogens is 2. The number of rotatable bonds is 7. The molecule has 1 aromatic heterocycles. The van der Waals surface area contributed by atoms with Crippen LogP contribution in [-0.4, -0.2) is 36.5 Å². The smallest absolute Gasteiger partial charge is 0.277 e. The van der Waals surface area contributed by atoms with E-state index in [0.29, 0.717) is 22.0 Å². The van der Waals surface area contributed by atoms with Gasteiger partial charge >= 0.3 is 0 Å². The second kappa shape index (κ2) is 8.63. The van der Waals surface area contributed by atoms with Gasteiger partial charge in [-0.3, -0.25) is 9.52 Å². The third-order valence-corrected chi connectivity index (χ3v) is 4.97. The number of carbonyl (C=O) groups excluding carboxylic acids is 1. The number of benzene rings is 2. The van der Waals surface area contributed by atoms with Crippen LogP contribution < -0.4 is 10.0 Å². The quantitative estimate of drug-likeness (QED) is 0.542. The minimum Gasteiger partial charge on any atom is -0.411 e. The highest BCUT2D eigenvalue weighted by Crippen LogP contribution is 2.24. The van der Waals surface area contributed by atoms with Crippen LogP contribution in [0, 0.1) is 0 Å². The molecular weight excluding hydrogens is 424 g/mol. The summed E-state index contributed by atoms with van der Waals surface area (Å²) >= 11 is 6.91. The zero-order valence-corrected chi connectivity index (χ0v) is 16.9. The number of sulfonamides is 1. The molecule has 1 amide bonds. The van der Waals surface area contributed by atoms with Crippen molar-refractivity contribution in [2.45, 2.75) is 5.22 Å². The summed E-state index contributed by atoms with van der Waals surface area (Å²) in [6.45, 7) is 0. The van der Waals surface area contributed by atoms with E-state index < -0.39 is 10.0 Å². The van der Waals surface area contributed by atoms with Gasteiger partial charge in [-0.25, -0.2) is 8.42 Å². The number of nitrogens with one attached hydrogen (secondary N) is 2. The van der Waals surface area contributed by atoms with Gasteiger partial charge in [0, 0.05) is 22.0 Å². The second-order valence-electron chi connectivity index (χ2n) is 5.67. The van der Waals surface area contributed by atoms with Gasteiger partial charge < -0.3 is 9.73 Å². The Morgan fingerprint density at radius 1 is 1.07 bits per heavy atom. The molecule has 2 aromatic carbocycles. The molecule has 0 atom stereocenters. The maximum absolute atomic E-state index is 12.0. The standard InChI is InChI=1S/C17H15ClN4O4S2/c1-28(24,25)22-14-6-2-11(3-7-14)16-20-21-17(26-16)27-10-15(23)19-13-8-4-12(18)5-9-13/h2-9,22H,10H2,1H3,(H,19,23). The van der Waals surface area contributed by atoms with E-state index in [1.807, 2.05) is 0 Å². The molecule has 1 heterocycles. The van der Waals surface area contributed by atoms with Gasteiger partial charge in [-0.1, -0.05) is 23.4 Å². The summed E-state index contributed by atoms with van der Waals surface area (Å²) in [5.41, 5.74) is 1.70. The fourth-order valence-corrected chi connectivity index (χ4v) is 3.39. The lowest BCUT2D eigenvalue weighted by Crippen LogP contribution is -2.13. The van der Waals surface area contributed by atoms with E-state index in [9.17, 15) is 13.2 Å². The van der Waals surface area contributed by atoms with Gasteiger partial charge in [0.1, 0.15) is 0 Å². The molecule has 0 fully saturated rings. The third kappa shape index (κ3) is 5.98. The van der Waals surface area contributed by atoms with Crippen LogP contribution in [0.2, 0.25) is 5.02 Å². The van der Waals surface area contributed by atoms with Gasteiger partial charge in [0.2, 0.25) is 21.8 Å². The monoisotopic (exact) mass is 438 g/mol. The molecule has 11 heteroatoms. The number of halogens is 1. The largest absolute Gasteiger partial charge is 0.411 e. The normalized spacial score (nSPS) is 11.2. The van der Waals surface area contributed by atoms with E-state index >= 15 is 0 Å². The molecule has 0 saturated heterocycles. The lowest BCUT2D eigenvalue weighted by atomic mass is 10.2. The van der Waals surface area contributed by atoms with E-state index in [1.165, 1.54) is 0 Å². The zero-order valence-electron chi connectivity index (χ0n) is 14.5. The van der Waals surface area contributed by atoms with Crippen molar-refractivity contribution in [2.75, 3.05) is 22.0 Å². The lowest BCUT2D eigenvalue weighted by Gasteiger charge is -2.04. The van der Waals surface area contributed by atoms with Crippen molar-refractivity contribution < 1.29 is 17.6 Å². The molecular formula is C17H15ClN4O4S2. The molecule has 0 aliphatic carbocycles. The van der Waals surface area contributed by atoms with Crippen LogP contribution in [0.15, 0.2) is 58.2 Å². The predicted octanol–water partition coefficient (Wildman–Crippen LogP) is 3.49. The summed E-state index contributed by atoms with van der Waals surface area (Å²) < 4.78 is 30.3. The molecule has 0 aliphatic rings. The molecule has 0 bridgehead atoms. The van der Waals surface area contributed by atoms with Crippen molar-refractivity contribution in [1.82, 2.24) is 10.2 Å². The van der Waals surface area contributed by atoms with Gasteiger partial charge in [0.15, 0.2) is 0 Å². The summed E-state index contributed by atoms with van der Waals surface area (Å²) in [5, 5.41) is 11.4. The summed E-state index contributed by atoms with van der Waals surface area (Å²) in [6.07, 6.45) is 1.07. The fraction of sp³-hybridized carbons (Fsp3) is 0.118. The highest BCUT2D eigenvalue weighted by Gasteiger charge is 2.12. The molecule has 28 heavy (non-hydrogen) atoms. The van der Waals surface area contributed by atoms with Gasteiger partial charge in [0.05, 0.1) is 12.0 Å². The number of hydrogen-bond acceptors (Lipinski definition) is 7. The van der Waals surface area contributed by atoms with Crippen molar-refractivity contribution in [3.8, 4) is 11.5 Å². The first-order chi connectivity index (χ1) is 13.3. The summed E-state index contributed by atoms with van der Waals surface area (Å²) in [5.74, 6) is 0.149. The topological polar surface area (TPSA) is 114 Å². The average Bonchev–Trinajstić information content (AvgIpc) is 3.10. The van der Waals surface area contributed by atoms with Crippen molar-refractivity contribution in [3.63, 3.8) is 0 Å². The molecule has 0 aliphatic heterocycles. The molecule has 2 N–H and O–H groups in total. The van der Waals surface area contributed by atoms with Crippen molar-refractivity contribution >= 4 is 50.7 Å². The van der Waals surface area contributed by atoms with Crippen LogP contribution in [0.4, 0.5) is 11.4 Å². The van der Waals surface area contributed by atoms with Crippen LogP contribution in [0.25, 0.3) is 11.5 Å². The van der Waals surface area contributed by atoms with Gasteiger partial charge in [-0.15, -0.1) is 10.2 Å². The van der Waals surface area contributed by atoms with E-state index in [2.05, 4.69) is 20.2 Å². The first-order valence-electron chi connectivity index (χ1n) is 7.88. The Hall–Kier alpha value is -2.56. The van der Waals surface area contributed by atoms with Crippen molar-refractivity contribution in [1.29, 1.82) is 0 Å². The highest BCUT2D eigenvalue weighted by atomic mass is 35.5. The number of anilines is 2. The van der Waals surface area contributed by atoms with Gasteiger partial charge in [0.25, 0.3) is 5.22 Å². The van der Waals surface area contributed by atoms with Crippen LogP contribution in [0.5, 0.6) is 0 Å². The number of amides is 1. The predicted molar refractivity (Wildman–Crippen MR) is 109 cm³/mol. The van der Waals surface area contributed by atoms with Crippen LogP contribution >= 0.6 is 23.4 Å². The summed E-state index contributed by atoms with van der Waals surface area (Å²) in [4.78, 5) is 12.0. The second-order valence-corrected chi connectivity index (χ2v) is 8.78. The van der Waals surface area contributed by atoms with E-state index in [1.54, 1.807) is 48.5 Å². The lowest BCUT2D eigenvalue weighted by molar-refractivity contribution is -0.113. The SMILES string of the molecule is CS(=O)(=O)Nc1ccc(-c2nnc(SCC(=O)Nc3ccc(Cl)cc3)o2)cc1. The van der Waals surface area contributed by atoms with Crippen molar-refractivity contribution in [3.05, 3.63) is 53.6 Å². The highest BCUT2D eigenvalue weighted by molar-refractivity contribution is 7.99. The Morgan fingerprint density at radius 3 is 2.36 bits per heavy atom. The molecule has 8 nitrogen and oxygen atoms in total. The number of nitrogens with zero attached hydrogens (tertiary/aromatic N) is 2. The number of thioether (sulfide) groups is 1. The Kier molecular flexibility index (Phi) is 6.22. The fourth-order valence-electron chi connectivity index (χ4n) is 2.14. The zero-order chi connectivity index (χ0) is 20.1. The van der Waals surface area contributed by atoms with E-state index in [-0.39, 0.29) is 22.8 Å². The molecule has 0 saturated carbocycles. The molecule has 3 rings (SSSR count). The van der Waals surface area contributed by atoms with Crippen molar-refractivity contribution in [2.24, 2.45) is 0 Å². The third-order valence-electron chi connectivity index (χ3n) is 3.30. The van der Waals surface area contributed by atoms with Crippen LogP contribution in [0.1, 0.15) is 0 Å². The Bertz CT molecular complexity index is 1070. The van der Waals surface area contributed by atoms with Gasteiger partial charge in [-0.05, 0) is 48.5 Å². The first kappa shape index (κ1) is 20.2. The maximum Gasteiger partial charge on any atom is 0.277 e. The minimum atomic E-state index is -3.34. The molecule has 146 valence electrons.